The van der Waals surface area contributed by atoms with E-state index in [9.17, 15) is 9.59 Å². The lowest BCUT2D eigenvalue weighted by Gasteiger charge is -2.17. The van der Waals surface area contributed by atoms with Gasteiger partial charge >= 0.3 is 6.16 Å². The summed E-state index contributed by atoms with van der Waals surface area (Å²) < 4.78 is 15.8. The Labute approximate surface area is 191 Å². The van der Waals surface area contributed by atoms with Gasteiger partial charge in [-0.15, -0.1) is 0 Å². The summed E-state index contributed by atoms with van der Waals surface area (Å²) in [6.45, 7) is 6.71. The Morgan fingerprint density at radius 1 is 0.968 bits per heavy atom. The van der Waals surface area contributed by atoms with Crippen molar-refractivity contribution in [3.05, 3.63) is 23.3 Å². The molecule has 1 aromatic carbocycles. The van der Waals surface area contributed by atoms with Crippen LogP contribution in [0, 0.1) is 0 Å². The van der Waals surface area contributed by atoms with Crippen LogP contribution in [-0.4, -0.2) is 43.8 Å². The van der Waals surface area contributed by atoms with E-state index in [4.69, 9.17) is 14.2 Å². The minimum Gasteiger partial charge on any atom is -0.496 e. The van der Waals surface area contributed by atoms with Crippen LogP contribution < -0.4 is 14.8 Å². The molecule has 0 unspecified atom stereocenters. The van der Waals surface area contributed by atoms with Crippen molar-refractivity contribution in [2.75, 3.05) is 31.8 Å². The maximum atomic E-state index is 12.8. The van der Waals surface area contributed by atoms with Gasteiger partial charge in [0.1, 0.15) is 5.75 Å². The van der Waals surface area contributed by atoms with Gasteiger partial charge < -0.3 is 19.5 Å². The Kier molecular flexibility index (Phi) is 14.7. The molecule has 0 spiro atoms. The average molecular weight is 454 g/mol. The molecule has 0 fully saturated rings. The van der Waals surface area contributed by atoms with Gasteiger partial charge in [0.15, 0.2) is 5.75 Å². The van der Waals surface area contributed by atoms with Gasteiger partial charge in [0.25, 0.3) is 5.91 Å². The molecule has 0 radical (unpaired) electrons. The van der Waals surface area contributed by atoms with Gasteiger partial charge in [0, 0.05) is 17.9 Å². The van der Waals surface area contributed by atoms with Gasteiger partial charge in [0.05, 0.1) is 19.3 Å². The van der Waals surface area contributed by atoms with Crippen LogP contribution in [0.4, 0.5) is 4.79 Å². The molecule has 7 heteroatoms. The van der Waals surface area contributed by atoms with E-state index in [1.807, 2.05) is 18.7 Å². The Bertz CT molecular complexity index is 666. The number of benzene rings is 1. The zero-order chi connectivity index (χ0) is 22.9. The predicted octanol–water partition coefficient (Wildman–Crippen LogP) is 6.01. The van der Waals surface area contributed by atoms with E-state index in [0.29, 0.717) is 29.8 Å². The number of hydrogen-bond acceptors (Lipinski definition) is 6. The molecule has 31 heavy (non-hydrogen) atoms. The Hall–Kier alpha value is -1.89. The minimum atomic E-state index is -0.823. The van der Waals surface area contributed by atoms with Crippen LogP contribution in [0.15, 0.2) is 12.1 Å². The largest absolute Gasteiger partial charge is 0.513 e. The lowest BCUT2D eigenvalue weighted by molar-refractivity contribution is 0.0939. The zero-order valence-corrected chi connectivity index (χ0v) is 20.4. The zero-order valence-electron chi connectivity index (χ0n) is 19.6. The van der Waals surface area contributed by atoms with E-state index in [0.717, 1.165) is 17.9 Å². The second-order valence-corrected chi connectivity index (χ2v) is 8.52. The summed E-state index contributed by atoms with van der Waals surface area (Å²) in [5.74, 6) is 2.51. The first kappa shape index (κ1) is 27.1. The Balaban J connectivity index is 2.65. The molecule has 0 aliphatic carbocycles. The fraction of sp³-hybridized carbons (Fsp3) is 0.667. The van der Waals surface area contributed by atoms with Crippen LogP contribution in [0.5, 0.6) is 11.5 Å². The number of unbranched alkanes of at least 4 members (excludes halogenated alkanes) is 5. The van der Waals surface area contributed by atoms with Crippen molar-refractivity contribution in [3.8, 4) is 11.5 Å². The lowest BCUT2D eigenvalue weighted by atomic mass is 10.0. The van der Waals surface area contributed by atoms with Gasteiger partial charge in [-0.05, 0) is 37.7 Å². The fourth-order valence-corrected chi connectivity index (χ4v) is 4.09. The van der Waals surface area contributed by atoms with Crippen molar-refractivity contribution in [2.45, 2.75) is 72.1 Å². The van der Waals surface area contributed by atoms with Crippen LogP contribution in [0.3, 0.4) is 0 Å². The monoisotopic (exact) mass is 453 g/mol. The van der Waals surface area contributed by atoms with Gasteiger partial charge in [-0.1, -0.05) is 52.4 Å². The molecule has 1 N–H and O–H groups in total. The number of nitrogens with one attached hydrogen (secondary N) is 1. The quantitative estimate of drug-likeness (QED) is 0.188. The van der Waals surface area contributed by atoms with Gasteiger partial charge in [-0.25, -0.2) is 4.79 Å². The second-order valence-electron chi connectivity index (χ2n) is 7.29. The first-order valence-corrected chi connectivity index (χ1v) is 12.6. The highest BCUT2D eigenvalue weighted by Crippen LogP contribution is 2.34. The standard InChI is InChI=1S/C24H39NO5S/c1-5-8-9-10-11-12-17-31-18-16-25-23(26)20-14-15-21(28-4)19(13-6-2)22(20)30-24(27)29-7-3/h14-15H,5-13,16-18H2,1-4H3,(H,25,26). The normalized spacial score (nSPS) is 10.6. The second kappa shape index (κ2) is 16.8. The van der Waals surface area contributed by atoms with Crippen LogP contribution in [-0.2, 0) is 11.2 Å². The van der Waals surface area contributed by atoms with E-state index in [2.05, 4.69) is 12.2 Å². The number of thioether (sulfide) groups is 1. The van der Waals surface area contributed by atoms with E-state index < -0.39 is 6.16 Å². The van der Waals surface area contributed by atoms with Crippen molar-refractivity contribution < 1.29 is 23.8 Å². The smallest absolute Gasteiger partial charge is 0.496 e. The molecule has 6 nitrogen and oxygen atoms in total. The maximum absolute atomic E-state index is 12.8. The molecular weight excluding hydrogens is 414 g/mol. The number of ether oxygens (including phenoxy) is 3. The summed E-state index contributed by atoms with van der Waals surface area (Å²) in [7, 11) is 1.56. The molecule has 0 aromatic heterocycles. The third-order valence-corrected chi connectivity index (χ3v) is 5.87. The SMILES string of the molecule is CCCCCCCCSCCNC(=O)c1ccc(OC)c(CCC)c1OC(=O)OCC. The van der Waals surface area contributed by atoms with Crippen molar-refractivity contribution in [1.82, 2.24) is 5.32 Å². The van der Waals surface area contributed by atoms with Crippen molar-refractivity contribution >= 4 is 23.8 Å². The van der Waals surface area contributed by atoms with Gasteiger partial charge in [-0.3, -0.25) is 4.79 Å². The average Bonchev–Trinajstić information content (AvgIpc) is 2.76. The predicted molar refractivity (Wildman–Crippen MR) is 128 cm³/mol. The highest BCUT2D eigenvalue weighted by atomic mass is 32.2. The van der Waals surface area contributed by atoms with Crippen molar-refractivity contribution in [3.63, 3.8) is 0 Å². The molecule has 0 aliphatic rings. The molecule has 1 amide bonds. The van der Waals surface area contributed by atoms with E-state index in [-0.39, 0.29) is 18.3 Å². The number of carbonyl (C=O) groups excluding carboxylic acids is 2. The third-order valence-electron chi connectivity index (χ3n) is 4.80. The first-order valence-electron chi connectivity index (χ1n) is 11.5. The molecule has 0 aliphatic heterocycles. The summed E-state index contributed by atoms with van der Waals surface area (Å²) in [5, 5.41) is 2.94. The molecular formula is C24H39NO5S. The molecule has 1 rings (SSSR count). The summed E-state index contributed by atoms with van der Waals surface area (Å²) in [6, 6.07) is 3.37. The minimum absolute atomic E-state index is 0.198. The topological polar surface area (TPSA) is 73.9 Å². The number of hydrogen-bond donors (Lipinski definition) is 1. The van der Waals surface area contributed by atoms with Crippen LogP contribution in [0.25, 0.3) is 0 Å². The summed E-state index contributed by atoms with van der Waals surface area (Å²) in [5.41, 5.74) is 1.02. The number of methoxy groups -OCH3 is 1. The Morgan fingerprint density at radius 3 is 2.39 bits per heavy atom. The lowest BCUT2D eigenvalue weighted by Crippen LogP contribution is -2.27. The maximum Gasteiger partial charge on any atom is 0.513 e. The van der Waals surface area contributed by atoms with Crippen LogP contribution in [0.2, 0.25) is 0 Å². The molecule has 1 aromatic rings. The van der Waals surface area contributed by atoms with Crippen LogP contribution in [0.1, 0.15) is 81.6 Å². The molecule has 176 valence electrons. The summed E-state index contributed by atoms with van der Waals surface area (Å²) in [6.07, 6.45) is 8.35. The summed E-state index contributed by atoms with van der Waals surface area (Å²) >= 11 is 1.85. The highest BCUT2D eigenvalue weighted by Gasteiger charge is 2.22. The first-order chi connectivity index (χ1) is 15.1. The van der Waals surface area contributed by atoms with E-state index >= 15 is 0 Å². The molecule has 0 atom stereocenters. The van der Waals surface area contributed by atoms with Crippen molar-refractivity contribution in [2.24, 2.45) is 0 Å². The van der Waals surface area contributed by atoms with Crippen molar-refractivity contribution in [1.29, 1.82) is 0 Å². The third kappa shape index (κ3) is 10.3. The van der Waals surface area contributed by atoms with E-state index in [1.165, 1.54) is 38.5 Å². The molecule has 0 saturated heterocycles. The number of rotatable bonds is 16. The summed E-state index contributed by atoms with van der Waals surface area (Å²) in [4.78, 5) is 24.8. The number of amides is 1. The number of carbonyl (C=O) groups is 2. The molecule has 0 heterocycles. The molecule has 0 bridgehead atoms. The van der Waals surface area contributed by atoms with Crippen LogP contribution >= 0.6 is 11.8 Å². The molecule has 0 saturated carbocycles. The Morgan fingerprint density at radius 2 is 1.71 bits per heavy atom. The highest BCUT2D eigenvalue weighted by molar-refractivity contribution is 7.99. The van der Waals surface area contributed by atoms with E-state index in [1.54, 1.807) is 26.2 Å². The van der Waals surface area contributed by atoms with Gasteiger partial charge in [0.2, 0.25) is 0 Å². The fourth-order valence-electron chi connectivity index (χ4n) is 3.23. The van der Waals surface area contributed by atoms with Gasteiger partial charge in [-0.2, -0.15) is 11.8 Å².